The highest BCUT2D eigenvalue weighted by atomic mass is 79.9. The predicted octanol–water partition coefficient (Wildman–Crippen LogP) is 2.98. The average molecular weight is 302 g/mol. The van der Waals surface area contributed by atoms with Gasteiger partial charge in [-0.1, -0.05) is 0 Å². The smallest absolute Gasteiger partial charge is 0.0750 e. The molecule has 0 spiro atoms. The second kappa shape index (κ2) is 5.77. The Morgan fingerprint density at radius 2 is 2.19 bits per heavy atom. The fourth-order valence-electron chi connectivity index (χ4n) is 1.83. The minimum absolute atomic E-state index is 0.708. The first-order valence-electron chi connectivity index (χ1n) is 5.48. The molecule has 1 aliphatic rings. The minimum Gasteiger partial charge on any atom is -0.396 e. The van der Waals surface area contributed by atoms with Crippen molar-refractivity contribution in [2.75, 3.05) is 29.1 Å². The van der Waals surface area contributed by atoms with Crippen molar-refractivity contribution < 1.29 is 0 Å². The summed E-state index contributed by atoms with van der Waals surface area (Å²) >= 11 is 5.52. The maximum Gasteiger partial charge on any atom is 0.0750 e. The number of halogens is 1. The number of rotatable bonds is 3. The molecule has 3 N–H and O–H groups in total. The van der Waals surface area contributed by atoms with E-state index in [1.807, 2.05) is 0 Å². The summed E-state index contributed by atoms with van der Waals surface area (Å²) in [5.74, 6) is 3.36. The molecule has 5 heteroatoms. The van der Waals surface area contributed by atoms with Gasteiger partial charge in [0.2, 0.25) is 0 Å². The van der Waals surface area contributed by atoms with Crippen molar-refractivity contribution in [1.82, 2.24) is 4.98 Å². The van der Waals surface area contributed by atoms with Crippen LogP contribution in [0.4, 0.5) is 11.4 Å². The molecule has 0 atom stereocenters. The summed E-state index contributed by atoms with van der Waals surface area (Å²) < 4.78 is 0.942. The molecule has 1 aromatic rings. The maximum absolute atomic E-state index is 5.88. The number of hydrogen-bond acceptors (Lipinski definition) is 4. The lowest BCUT2D eigenvalue weighted by Gasteiger charge is -2.22. The van der Waals surface area contributed by atoms with Crippen LogP contribution in [-0.2, 0) is 0 Å². The van der Waals surface area contributed by atoms with E-state index in [0.717, 1.165) is 22.6 Å². The van der Waals surface area contributed by atoms with Crippen LogP contribution in [0.15, 0.2) is 16.9 Å². The molecule has 1 aromatic heterocycles. The zero-order chi connectivity index (χ0) is 11.4. The van der Waals surface area contributed by atoms with Crippen molar-refractivity contribution in [2.24, 2.45) is 5.92 Å². The highest BCUT2D eigenvalue weighted by Gasteiger charge is 2.14. The highest BCUT2D eigenvalue weighted by Crippen LogP contribution is 2.29. The Bertz CT molecular complexity index is 333. The Balaban J connectivity index is 1.93. The summed E-state index contributed by atoms with van der Waals surface area (Å²) in [5, 5.41) is 3.43. The first kappa shape index (κ1) is 12.0. The van der Waals surface area contributed by atoms with E-state index in [9.17, 15) is 0 Å². The first-order valence-corrected chi connectivity index (χ1v) is 7.42. The van der Waals surface area contributed by atoms with Crippen molar-refractivity contribution in [2.45, 2.75) is 12.8 Å². The molecular formula is C11H16BrN3S. The summed E-state index contributed by atoms with van der Waals surface area (Å²) in [7, 11) is 0. The number of nitrogens with two attached hydrogens (primary N) is 1. The van der Waals surface area contributed by atoms with E-state index >= 15 is 0 Å². The van der Waals surface area contributed by atoms with Gasteiger partial charge < -0.3 is 11.1 Å². The van der Waals surface area contributed by atoms with Crippen molar-refractivity contribution in [1.29, 1.82) is 0 Å². The molecule has 1 aliphatic heterocycles. The molecule has 88 valence electrons. The Morgan fingerprint density at radius 3 is 2.88 bits per heavy atom. The van der Waals surface area contributed by atoms with Gasteiger partial charge in [-0.15, -0.1) is 0 Å². The molecule has 0 saturated carbocycles. The molecule has 0 radical (unpaired) electrons. The van der Waals surface area contributed by atoms with Gasteiger partial charge in [-0.2, -0.15) is 11.8 Å². The number of nitrogens with one attached hydrogen (secondary N) is 1. The van der Waals surface area contributed by atoms with Gasteiger partial charge in [-0.05, 0) is 46.2 Å². The Morgan fingerprint density at radius 1 is 1.44 bits per heavy atom. The minimum atomic E-state index is 0.708. The summed E-state index contributed by atoms with van der Waals surface area (Å²) in [5.41, 5.74) is 7.57. The monoisotopic (exact) mass is 301 g/mol. The van der Waals surface area contributed by atoms with E-state index in [0.29, 0.717) is 5.69 Å². The molecule has 2 rings (SSSR count). The SMILES string of the molecule is Nc1cncc(Br)c1NCC1CCSCC1. The lowest BCUT2D eigenvalue weighted by atomic mass is 10.0. The summed E-state index contributed by atoms with van der Waals surface area (Å²) in [6, 6.07) is 0. The third kappa shape index (κ3) is 3.04. The topological polar surface area (TPSA) is 50.9 Å². The van der Waals surface area contributed by atoms with E-state index in [1.54, 1.807) is 12.4 Å². The van der Waals surface area contributed by atoms with Crippen molar-refractivity contribution in [3.8, 4) is 0 Å². The van der Waals surface area contributed by atoms with Gasteiger partial charge in [0.1, 0.15) is 0 Å². The Labute approximate surface area is 109 Å². The standard InChI is InChI=1S/C11H16BrN3S/c12-9-6-14-7-10(13)11(9)15-5-8-1-3-16-4-2-8/h6-8H,1-5,13H2,(H,14,15). The zero-order valence-corrected chi connectivity index (χ0v) is 11.5. The van der Waals surface area contributed by atoms with Crippen LogP contribution in [0.25, 0.3) is 0 Å². The van der Waals surface area contributed by atoms with Gasteiger partial charge in [0, 0.05) is 12.7 Å². The second-order valence-electron chi connectivity index (χ2n) is 4.02. The van der Waals surface area contributed by atoms with Crippen LogP contribution in [0.2, 0.25) is 0 Å². The third-order valence-corrected chi connectivity index (χ3v) is 4.49. The lowest BCUT2D eigenvalue weighted by Crippen LogP contribution is -2.19. The molecule has 0 amide bonds. The van der Waals surface area contributed by atoms with Gasteiger partial charge >= 0.3 is 0 Å². The molecule has 1 saturated heterocycles. The van der Waals surface area contributed by atoms with Crippen LogP contribution in [0, 0.1) is 5.92 Å². The van der Waals surface area contributed by atoms with E-state index in [2.05, 4.69) is 38.0 Å². The summed E-state index contributed by atoms with van der Waals surface area (Å²) in [6.07, 6.45) is 6.07. The van der Waals surface area contributed by atoms with Gasteiger partial charge in [0.15, 0.2) is 0 Å². The van der Waals surface area contributed by atoms with Crippen LogP contribution >= 0.6 is 27.7 Å². The third-order valence-electron chi connectivity index (χ3n) is 2.84. The molecular weight excluding hydrogens is 286 g/mol. The van der Waals surface area contributed by atoms with E-state index in [1.165, 1.54) is 24.3 Å². The highest BCUT2D eigenvalue weighted by molar-refractivity contribution is 9.10. The molecule has 0 aliphatic carbocycles. The van der Waals surface area contributed by atoms with Gasteiger partial charge in [-0.25, -0.2) is 0 Å². The quantitative estimate of drug-likeness (QED) is 0.901. The largest absolute Gasteiger partial charge is 0.396 e. The average Bonchev–Trinajstić information content (AvgIpc) is 2.30. The van der Waals surface area contributed by atoms with Crippen molar-refractivity contribution >= 4 is 39.1 Å². The molecule has 2 heterocycles. The van der Waals surface area contributed by atoms with E-state index in [4.69, 9.17) is 5.73 Å². The second-order valence-corrected chi connectivity index (χ2v) is 6.10. The number of pyridine rings is 1. The number of thioether (sulfide) groups is 1. The number of nitrogens with zero attached hydrogens (tertiary/aromatic N) is 1. The van der Waals surface area contributed by atoms with Crippen LogP contribution in [0.1, 0.15) is 12.8 Å². The van der Waals surface area contributed by atoms with Crippen molar-refractivity contribution in [3.63, 3.8) is 0 Å². The van der Waals surface area contributed by atoms with Crippen LogP contribution < -0.4 is 11.1 Å². The molecule has 3 nitrogen and oxygen atoms in total. The van der Waals surface area contributed by atoms with Gasteiger partial charge in [-0.3, -0.25) is 4.98 Å². The van der Waals surface area contributed by atoms with Crippen LogP contribution in [0.5, 0.6) is 0 Å². The predicted molar refractivity (Wildman–Crippen MR) is 74.9 cm³/mol. The van der Waals surface area contributed by atoms with E-state index in [-0.39, 0.29) is 0 Å². The number of anilines is 2. The van der Waals surface area contributed by atoms with E-state index < -0.39 is 0 Å². The lowest BCUT2D eigenvalue weighted by molar-refractivity contribution is 0.516. The first-order chi connectivity index (χ1) is 7.77. The Hall–Kier alpha value is -0.420. The molecule has 16 heavy (non-hydrogen) atoms. The summed E-state index contributed by atoms with van der Waals surface area (Å²) in [6.45, 7) is 1.01. The number of hydrogen-bond donors (Lipinski definition) is 2. The Kier molecular flexibility index (Phi) is 4.35. The molecule has 1 fully saturated rings. The zero-order valence-electron chi connectivity index (χ0n) is 9.08. The molecule has 0 bridgehead atoms. The van der Waals surface area contributed by atoms with Crippen LogP contribution in [-0.4, -0.2) is 23.0 Å². The maximum atomic E-state index is 5.88. The fourth-order valence-corrected chi connectivity index (χ4v) is 3.52. The molecule has 0 unspecified atom stereocenters. The van der Waals surface area contributed by atoms with Crippen LogP contribution in [0.3, 0.4) is 0 Å². The van der Waals surface area contributed by atoms with Crippen molar-refractivity contribution in [3.05, 3.63) is 16.9 Å². The normalized spacial score (nSPS) is 17.3. The number of aromatic nitrogens is 1. The van der Waals surface area contributed by atoms with Gasteiger partial charge in [0.05, 0.1) is 22.0 Å². The number of nitrogen functional groups attached to an aromatic ring is 1. The molecule has 0 aromatic carbocycles. The fraction of sp³-hybridized carbons (Fsp3) is 0.545. The summed E-state index contributed by atoms with van der Waals surface area (Å²) in [4.78, 5) is 4.02. The van der Waals surface area contributed by atoms with Gasteiger partial charge in [0.25, 0.3) is 0 Å².